The van der Waals surface area contributed by atoms with E-state index < -0.39 is 5.97 Å². The number of anilines is 1. The van der Waals surface area contributed by atoms with Crippen LogP contribution in [0.15, 0.2) is 24.3 Å². The molecule has 0 amide bonds. The molecule has 92 valence electrons. The molecule has 1 aliphatic rings. The smallest absolute Gasteiger partial charge is 0.307 e. The Hall–Kier alpha value is -1.55. The first-order valence-electron chi connectivity index (χ1n) is 5.78. The molecule has 0 bridgehead atoms. The van der Waals surface area contributed by atoms with Gasteiger partial charge in [0.05, 0.1) is 19.1 Å². The summed E-state index contributed by atoms with van der Waals surface area (Å²) in [6, 6.07) is 8.11. The number of likely N-dealkylation sites (N-methyl/N-ethyl adjacent to an activating group) is 1. The minimum Gasteiger partial charge on any atom is -0.481 e. The van der Waals surface area contributed by atoms with Gasteiger partial charge in [-0.1, -0.05) is 12.1 Å². The molecule has 2 rings (SSSR count). The van der Waals surface area contributed by atoms with Crippen molar-refractivity contribution in [3.63, 3.8) is 0 Å². The quantitative estimate of drug-likeness (QED) is 0.860. The lowest BCUT2D eigenvalue weighted by Crippen LogP contribution is -2.31. The highest BCUT2D eigenvalue weighted by Crippen LogP contribution is 2.20. The zero-order valence-electron chi connectivity index (χ0n) is 9.93. The highest BCUT2D eigenvalue weighted by atomic mass is 16.5. The van der Waals surface area contributed by atoms with Gasteiger partial charge in [-0.15, -0.1) is 0 Å². The molecule has 0 aromatic heterocycles. The van der Waals surface area contributed by atoms with Gasteiger partial charge in [0.15, 0.2) is 0 Å². The number of carboxylic acids is 1. The van der Waals surface area contributed by atoms with E-state index in [9.17, 15) is 4.79 Å². The van der Waals surface area contributed by atoms with Crippen LogP contribution in [0.5, 0.6) is 0 Å². The minimum atomic E-state index is -0.796. The fraction of sp³-hybridized carbons (Fsp3) is 0.462. The number of hydrogen-bond donors (Lipinski definition) is 1. The summed E-state index contributed by atoms with van der Waals surface area (Å²) in [5, 5.41) is 8.69. The summed E-state index contributed by atoms with van der Waals surface area (Å²) >= 11 is 0. The molecule has 1 fully saturated rings. The van der Waals surface area contributed by atoms with Crippen LogP contribution in [0.4, 0.5) is 5.69 Å². The van der Waals surface area contributed by atoms with E-state index in [0.29, 0.717) is 6.04 Å². The maximum atomic E-state index is 10.6. The molecule has 4 heteroatoms. The number of nitrogens with zero attached hydrogens (tertiary/aromatic N) is 1. The maximum absolute atomic E-state index is 10.6. The van der Waals surface area contributed by atoms with Crippen LogP contribution in [0.2, 0.25) is 0 Å². The summed E-state index contributed by atoms with van der Waals surface area (Å²) in [6.45, 7) is 1.60. The second kappa shape index (κ2) is 5.19. The first-order valence-corrected chi connectivity index (χ1v) is 5.78. The van der Waals surface area contributed by atoms with Crippen LogP contribution in [0.25, 0.3) is 0 Å². The standard InChI is InChI=1S/C13H17NO3/c1-14(12-6-7-17-9-12)11-4-2-10(3-5-11)8-13(15)16/h2-5,12H,6-9H2,1H3,(H,15,16). The average molecular weight is 235 g/mol. The molecule has 1 saturated heterocycles. The zero-order chi connectivity index (χ0) is 12.3. The van der Waals surface area contributed by atoms with Crippen molar-refractivity contribution in [2.45, 2.75) is 18.9 Å². The number of aliphatic carboxylic acids is 1. The van der Waals surface area contributed by atoms with E-state index in [-0.39, 0.29) is 6.42 Å². The summed E-state index contributed by atoms with van der Waals surface area (Å²) < 4.78 is 5.36. The normalized spacial score (nSPS) is 19.2. The van der Waals surface area contributed by atoms with E-state index in [1.54, 1.807) is 0 Å². The molecule has 1 aliphatic heterocycles. The fourth-order valence-electron chi connectivity index (χ4n) is 2.06. The Balaban J connectivity index is 2.03. The largest absolute Gasteiger partial charge is 0.481 e. The first kappa shape index (κ1) is 11.9. The van der Waals surface area contributed by atoms with Crippen molar-refractivity contribution in [3.8, 4) is 0 Å². The van der Waals surface area contributed by atoms with Crippen molar-refractivity contribution in [2.24, 2.45) is 0 Å². The number of hydrogen-bond acceptors (Lipinski definition) is 3. The Morgan fingerprint density at radius 2 is 2.18 bits per heavy atom. The molecule has 0 radical (unpaired) electrons. The molecule has 17 heavy (non-hydrogen) atoms. The second-order valence-corrected chi connectivity index (χ2v) is 4.37. The van der Waals surface area contributed by atoms with Crippen LogP contribution in [0.1, 0.15) is 12.0 Å². The maximum Gasteiger partial charge on any atom is 0.307 e. The van der Waals surface area contributed by atoms with Crippen LogP contribution < -0.4 is 4.90 Å². The Bertz CT molecular complexity index is 382. The van der Waals surface area contributed by atoms with Crippen molar-refractivity contribution < 1.29 is 14.6 Å². The summed E-state index contributed by atoms with van der Waals surface area (Å²) in [7, 11) is 2.05. The number of carbonyl (C=O) groups is 1. The third-order valence-electron chi connectivity index (χ3n) is 3.15. The molecule has 4 nitrogen and oxygen atoms in total. The van der Waals surface area contributed by atoms with E-state index in [1.807, 2.05) is 31.3 Å². The average Bonchev–Trinajstić information content (AvgIpc) is 2.82. The molecule has 1 N–H and O–H groups in total. The van der Waals surface area contributed by atoms with E-state index in [0.717, 1.165) is 30.9 Å². The highest BCUT2D eigenvalue weighted by molar-refractivity contribution is 5.70. The SMILES string of the molecule is CN(c1ccc(CC(=O)O)cc1)C1CCOC1. The molecule has 1 aromatic rings. The van der Waals surface area contributed by atoms with Gasteiger partial charge < -0.3 is 14.7 Å². The van der Waals surface area contributed by atoms with Crippen LogP contribution >= 0.6 is 0 Å². The molecule has 1 atom stereocenters. The molecule has 1 unspecified atom stereocenters. The van der Waals surface area contributed by atoms with Crippen molar-refractivity contribution in [1.82, 2.24) is 0 Å². The fourth-order valence-corrected chi connectivity index (χ4v) is 2.06. The van der Waals surface area contributed by atoms with Crippen LogP contribution in [0, 0.1) is 0 Å². The van der Waals surface area contributed by atoms with Gasteiger partial charge in [0.2, 0.25) is 0 Å². The third-order valence-corrected chi connectivity index (χ3v) is 3.15. The number of benzene rings is 1. The molecule has 0 aliphatic carbocycles. The van der Waals surface area contributed by atoms with Gasteiger partial charge in [-0.3, -0.25) is 4.79 Å². The van der Waals surface area contributed by atoms with Crippen molar-refractivity contribution in [3.05, 3.63) is 29.8 Å². The molecular formula is C13H17NO3. The first-order chi connectivity index (χ1) is 8.16. The molecule has 0 saturated carbocycles. The van der Waals surface area contributed by atoms with Crippen molar-refractivity contribution in [2.75, 3.05) is 25.2 Å². The van der Waals surface area contributed by atoms with Crippen LogP contribution in [0.3, 0.4) is 0 Å². The van der Waals surface area contributed by atoms with Gasteiger partial charge in [0.1, 0.15) is 0 Å². The molecule has 0 spiro atoms. The van der Waals surface area contributed by atoms with Gasteiger partial charge in [0.25, 0.3) is 0 Å². The number of carboxylic acid groups (broad SMARTS) is 1. The summed E-state index contributed by atoms with van der Waals surface area (Å²) in [6.07, 6.45) is 1.13. The summed E-state index contributed by atoms with van der Waals surface area (Å²) in [5.74, 6) is -0.796. The van der Waals surface area contributed by atoms with Gasteiger partial charge in [-0.2, -0.15) is 0 Å². The molecule has 1 aromatic carbocycles. The van der Waals surface area contributed by atoms with Gasteiger partial charge in [-0.25, -0.2) is 0 Å². The Morgan fingerprint density at radius 3 is 2.71 bits per heavy atom. The predicted octanol–water partition coefficient (Wildman–Crippen LogP) is 1.54. The highest BCUT2D eigenvalue weighted by Gasteiger charge is 2.20. The second-order valence-electron chi connectivity index (χ2n) is 4.37. The Kier molecular flexibility index (Phi) is 3.64. The predicted molar refractivity (Wildman–Crippen MR) is 65.4 cm³/mol. The number of ether oxygens (including phenoxy) is 1. The lowest BCUT2D eigenvalue weighted by molar-refractivity contribution is -0.136. The molecule has 1 heterocycles. The van der Waals surface area contributed by atoms with E-state index in [2.05, 4.69) is 4.90 Å². The van der Waals surface area contributed by atoms with Crippen LogP contribution in [-0.4, -0.2) is 37.4 Å². The van der Waals surface area contributed by atoms with Crippen molar-refractivity contribution >= 4 is 11.7 Å². The van der Waals surface area contributed by atoms with E-state index in [4.69, 9.17) is 9.84 Å². The van der Waals surface area contributed by atoms with Gasteiger partial charge in [-0.05, 0) is 24.1 Å². The summed E-state index contributed by atoms with van der Waals surface area (Å²) in [4.78, 5) is 12.8. The Morgan fingerprint density at radius 1 is 1.47 bits per heavy atom. The molecular weight excluding hydrogens is 218 g/mol. The van der Waals surface area contributed by atoms with E-state index in [1.165, 1.54) is 0 Å². The number of rotatable bonds is 4. The zero-order valence-corrected chi connectivity index (χ0v) is 9.93. The topological polar surface area (TPSA) is 49.8 Å². The third kappa shape index (κ3) is 2.97. The summed E-state index contributed by atoms with van der Waals surface area (Å²) in [5.41, 5.74) is 1.94. The monoisotopic (exact) mass is 235 g/mol. The Labute approximate surface area is 101 Å². The lowest BCUT2D eigenvalue weighted by atomic mass is 10.1. The van der Waals surface area contributed by atoms with Gasteiger partial charge >= 0.3 is 5.97 Å². The van der Waals surface area contributed by atoms with Crippen LogP contribution in [-0.2, 0) is 16.0 Å². The minimum absolute atomic E-state index is 0.0799. The van der Waals surface area contributed by atoms with Gasteiger partial charge in [0, 0.05) is 19.3 Å². The van der Waals surface area contributed by atoms with Crippen molar-refractivity contribution in [1.29, 1.82) is 0 Å². The lowest BCUT2D eigenvalue weighted by Gasteiger charge is -2.25. The van der Waals surface area contributed by atoms with E-state index >= 15 is 0 Å².